The van der Waals surface area contributed by atoms with Gasteiger partial charge in [-0.15, -0.1) is 0 Å². The first-order valence-corrected chi connectivity index (χ1v) is 9.08. The van der Waals surface area contributed by atoms with Gasteiger partial charge < -0.3 is 24.2 Å². The van der Waals surface area contributed by atoms with Crippen molar-refractivity contribution < 1.29 is 58.2 Å². The molecule has 0 radical (unpaired) electrons. The zero-order valence-corrected chi connectivity index (χ0v) is 17.9. The van der Waals surface area contributed by atoms with Gasteiger partial charge in [-0.1, -0.05) is 0 Å². The van der Waals surface area contributed by atoms with Crippen molar-refractivity contribution in [2.45, 2.75) is 6.92 Å². The van der Waals surface area contributed by atoms with Crippen LogP contribution in [0.2, 0.25) is 0 Å². The van der Waals surface area contributed by atoms with Crippen LogP contribution in [0.4, 0.5) is 5.69 Å². The van der Waals surface area contributed by atoms with Crippen LogP contribution in [-0.4, -0.2) is 61.2 Å². The second-order valence-corrected chi connectivity index (χ2v) is 7.17. The van der Waals surface area contributed by atoms with E-state index in [2.05, 4.69) is 20.1 Å². The molecule has 0 spiro atoms. The molecule has 0 aromatic heterocycles. The number of piperazine rings is 1. The standard InChI is InChI=1S/C15H24N2O6S.Na/c1-12-9-15(21-3)13(10-14(12)20-2)17-7-5-16(6-8-17)11-24(4,19)23-22-18;/h9-11,18-19H,4-8H2,1-3H3;/q;+1/p-1. The molecular formula is C15H23N2NaO6S. The molecule has 0 amide bonds. The van der Waals surface area contributed by atoms with E-state index in [9.17, 15) is 9.81 Å². The maximum Gasteiger partial charge on any atom is 1.00 e. The molecule has 25 heavy (non-hydrogen) atoms. The Morgan fingerprint density at radius 1 is 1.16 bits per heavy atom. The van der Waals surface area contributed by atoms with E-state index in [0.29, 0.717) is 26.2 Å². The van der Waals surface area contributed by atoms with Gasteiger partial charge in [0.1, 0.15) is 11.5 Å². The molecule has 10 heteroatoms. The topological polar surface area (TPSA) is 86.7 Å². The van der Waals surface area contributed by atoms with Crippen molar-refractivity contribution in [1.82, 2.24) is 4.90 Å². The first-order chi connectivity index (χ1) is 11.4. The Morgan fingerprint density at radius 3 is 2.28 bits per heavy atom. The molecule has 1 aliphatic heterocycles. The third kappa shape index (κ3) is 6.02. The van der Waals surface area contributed by atoms with Crippen LogP contribution in [0.25, 0.3) is 0 Å². The van der Waals surface area contributed by atoms with Crippen LogP contribution in [0.15, 0.2) is 12.1 Å². The van der Waals surface area contributed by atoms with Crippen molar-refractivity contribution in [3.63, 3.8) is 0 Å². The largest absolute Gasteiger partial charge is 1.00 e. The summed E-state index contributed by atoms with van der Waals surface area (Å²) in [5.41, 5.74) is 3.37. The molecule has 0 saturated carbocycles. The van der Waals surface area contributed by atoms with E-state index in [1.54, 1.807) is 14.2 Å². The second-order valence-electron chi connectivity index (χ2n) is 5.45. The van der Waals surface area contributed by atoms with Gasteiger partial charge in [0.15, 0.2) is 0 Å². The molecule has 0 bridgehead atoms. The summed E-state index contributed by atoms with van der Waals surface area (Å²) in [6.45, 7) is 4.63. The minimum Gasteiger partial charge on any atom is -0.691 e. The van der Waals surface area contributed by atoms with E-state index >= 15 is 0 Å². The number of aryl methyl sites for hydroxylation is 1. The monoisotopic (exact) mass is 382 g/mol. The fraction of sp³-hybridized carbons (Fsp3) is 0.467. The predicted molar refractivity (Wildman–Crippen MR) is 93.6 cm³/mol. The van der Waals surface area contributed by atoms with E-state index in [4.69, 9.17) is 9.47 Å². The predicted octanol–water partition coefficient (Wildman–Crippen LogP) is -2.25. The van der Waals surface area contributed by atoms with Gasteiger partial charge in [-0.25, -0.2) is 0 Å². The van der Waals surface area contributed by atoms with Crippen LogP contribution >= 0.6 is 9.77 Å². The Balaban J connectivity index is 0.00000312. The molecule has 0 aliphatic carbocycles. The summed E-state index contributed by atoms with van der Waals surface area (Å²) in [7, 11) is 0.391. The zero-order chi connectivity index (χ0) is 17.7. The smallest absolute Gasteiger partial charge is 0.691 e. The Hall–Kier alpha value is -0.490. The van der Waals surface area contributed by atoms with E-state index < -0.39 is 9.77 Å². The van der Waals surface area contributed by atoms with Gasteiger partial charge in [0.05, 0.1) is 25.4 Å². The molecular weight excluding hydrogens is 359 g/mol. The Bertz CT molecular complexity index is 685. The van der Waals surface area contributed by atoms with Crippen LogP contribution in [0.1, 0.15) is 5.56 Å². The average Bonchev–Trinajstić information content (AvgIpc) is 2.55. The van der Waals surface area contributed by atoms with Crippen LogP contribution in [-0.2, 0) is 9.37 Å². The zero-order valence-electron chi connectivity index (χ0n) is 15.1. The fourth-order valence-corrected chi connectivity index (χ4v) is 3.46. The Labute approximate surface area is 170 Å². The Kier molecular flexibility index (Phi) is 9.02. The van der Waals surface area contributed by atoms with E-state index in [1.807, 2.05) is 24.0 Å². The molecule has 1 aliphatic rings. The van der Waals surface area contributed by atoms with Crippen LogP contribution in [0.3, 0.4) is 0 Å². The minimum absolute atomic E-state index is 0. The molecule has 8 nitrogen and oxygen atoms in total. The van der Waals surface area contributed by atoms with E-state index in [-0.39, 0.29) is 29.6 Å². The third-order valence-electron chi connectivity index (χ3n) is 3.81. The van der Waals surface area contributed by atoms with Crippen molar-refractivity contribution in [2.24, 2.45) is 0 Å². The Morgan fingerprint density at radius 2 is 1.76 bits per heavy atom. The molecule has 1 aromatic rings. The van der Waals surface area contributed by atoms with Crippen molar-refractivity contribution in [1.29, 1.82) is 0 Å². The normalized spacial score (nSPS) is 17.4. The van der Waals surface area contributed by atoms with Crippen LogP contribution < -0.4 is 49.2 Å². The first-order valence-electron chi connectivity index (χ1n) is 7.33. The maximum atomic E-state index is 10.0. The van der Waals surface area contributed by atoms with Gasteiger partial charge >= 0.3 is 29.6 Å². The number of benzene rings is 1. The van der Waals surface area contributed by atoms with Crippen LogP contribution in [0.5, 0.6) is 11.5 Å². The fourth-order valence-electron chi connectivity index (χ4n) is 2.65. The number of nitrogens with zero attached hydrogens (tertiary/aromatic N) is 2. The molecule has 1 saturated heterocycles. The summed E-state index contributed by atoms with van der Waals surface area (Å²) >= 11 is 0. The van der Waals surface area contributed by atoms with Gasteiger partial charge in [-0.05, 0) is 24.4 Å². The third-order valence-corrected chi connectivity index (χ3v) is 4.73. The summed E-state index contributed by atoms with van der Waals surface area (Å²) < 4.78 is 24.9. The van der Waals surface area contributed by atoms with E-state index in [0.717, 1.165) is 22.7 Å². The van der Waals surface area contributed by atoms with Gasteiger partial charge in [0.25, 0.3) is 0 Å². The molecule has 1 atom stereocenters. The first kappa shape index (κ1) is 22.6. The number of ether oxygens (including phenoxy) is 2. The molecule has 1 fully saturated rings. The van der Waals surface area contributed by atoms with Crippen molar-refractivity contribution in [2.75, 3.05) is 45.3 Å². The number of methoxy groups -OCH3 is 2. The molecule has 1 unspecified atom stereocenters. The molecule has 2 rings (SSSR count). The van der Waals surface area contributed by atoms with E-state index in [1.165, 1.54) is 5.49 Å². The summed E-state index contributed by atoms with van der Waals surface area (Å²) in [6, 6.07) is 3.91. The quantitative estimate of drug-likeness (QED) is 0.256. The van der Waals surface area contributed by atoms with Gasteiger partial charge in [-0.3, -0.25) is 9.94 Å². The summed E-state index contributed by atoms with van der Waals surface area (Å²) in [5.74, 6) is 5.02. The number of hydrogen-bond acceptors (Lipinski definition) is 7. The van der Waals surface area contributed by atoms with Crippen molar-refractivity contribution in [3.8, 4) is 11.5 Å². The average molecular weight is 382 g/mol. The number of rotatable bonds is 6. The van der Waals surface area contributed by atoms with Crippen molar-refractivity contribution in [3.05, 3.63) is 17.7 Å². The maximum absolute atomic E-state index is 10.0. The number of hydrogen-bond donors (Lipinski definition) is 1. The molecule has 1 heterocycles. The summed E-state index contributed by atoms with van der Waals surface area (Å²) in [5, 5.41) is 13.3. The van der Waals surface area contributed by atoms with Gasteiger partial charge in [0, 0.05) is 42.0 Å². The molecule has 1 N–H and O–H groups in total. The van der Waals surface area contributed by atoms with Crippen molar-refractivity contribution >= 4 is 26.8 Å². The SMILES string of the molecule is C=S(O)(=CN1CCN(c2cc(OC)c(C)cc2OC)CC1)OO[O-].[Na+]. The van der Waals surface area contributed by atoms with Gasteiger partial charge in [0.2, 0.25) is 0 Å². The molecule has 136 valence electrons. The second kappa shape index (κ2) is 10.0. The summed E-state index contributed by atoms with van der Waals surface area (Å²) in [6.07, 6.45) is 0. The van der Waals surface area contributed by atoms with Crippen LogP contribution in [0, 0.1) is 6.92 Å². The molecule has 1 aromatic carbocycles. The summed E-state index contributed by atoms with van der Waals surface area (Å²) in [4.78, 5) is 4.03. The number of anilines is 1. The van der Waals surface area contributed by atoms with Gasteiger partial charge in [-0.2, -0.15) is 4.33 Å². The minimum atomic E-state index is -2.89.